The van der Waals surface area contributed by atoms with Gasteiger partial charge >= 0.3 is 6.18 Å². The maximum absolute atomic E-state index is 13.1. The molecule has 0 fully saturated rings. The van der Waals surface area contributed by atoms with Crippen LogP contribution in [0, 0.1) is 25.2 Å². The molecule has 0 heterocycles. The number of benzene rings is 2. The Morgan fingerprint density at radius 3 is 2.20 bits per heavy atom. The van der Waals surface area contributed by atoms with Crippen molar-refractivity contribution in [3.8, 4) is 6.07 Å². The molecule has 1 unspecified atom stereocenters. The van der Waals surface area contributed by atoms with Gasteiger partial charge in [0, 0.05) is 5.69 Å². The van der Waals surface area contributed by atoms with Crippen molar-refractivity contribution in [2.75, 3.05) is 11.1 Å². The lowest BCUT2D eigenvalue weighted by atomic mass is 10.1. The Kier molecular flexibility index (Phi) is 6.30. The van der Waals surface area contributed by atoms with Crippen LogP contribution in [-0.2, 0) is 20.8 Å². The van der Waals surface area contributed by atoms with E-state index in [-0.39, 0.29) is 10.6 Å². The second-order valence-electron chi connectivity index (χ2n) is 7.18. The normalized spacial score (nSPS) is 13.9. The van der Waals surface area contributed by atoms with E-state index >= 15 is 0 Å². The van der Waals surface area contributed by atoms with Crippen LogP contribution < -0.4 is 5.32 Å². The van der Waals surface area contributed by atoms with Gasteiger partial charge in [-0.25, -0.2) is 8.42 Å². The Morgan fingerprint density at radius 1 is 1.13 bits per heavy atom. The number of halogens is 3. The summed E-state index contributed by atoms with van der Waals surface area (Å²) in [7, 11) is -4.08. The van der Waals surface area contributed by atoms with Gasteiger partial charge in [0.25, 0.3) is 5.91 Å². The Morgan fingerprint density at radius 2 is 1.70 bits per heavy atom. The Balaban J connectivity index is 2.29. The number of aliphatic hydroxyl groups is 1. The summed E-state index contributed by atoms with van der Waals surface area (Å²) in [5.74, 6) is -2.18. The van der Waals surface area contributed by atoms with E-state index in [9.17, 15) is 31.5 Å². The minimum atomic E-state index is -4.83. The molecule has 2 aromatic carbocycles. The lowest BCUT2D eigenvalue weighted by Crippen LogP contribution is -2.45. The van der Waals surface area contributed by atoms with Crippen molar-refractivity contribution in [1.29, 1.82) is 5.26 Å². The maximum atomic E-state index is 13.1. The first-order chi connectivity index (χ1) is 13.7. The SMILES string of the molecule is Cc1cc(C)cc(S(=O)(=O)CC(C)(O)C(=O)Nc2ccc(C#N)c(C(F)(F)F)c2)c1. The van der Waals surface area contributed by atoms with Gasteiger partial charge < -0.3 is 10.4 Å². The average Bonchev–Trinajstić information content (AvgIpc) is 2.59. The van der Waals surface area contributed by atoms with E-state index < -0.39 is 44.4 Å². The number of sulfone groups is 1. The molecule has 0 aliphatic heterocycles. The molecule has 0 saturated heterocycles. The molecule has 10 heteroatoms. The average molecular weight is 440 g/mol. The van der Waals surface area contributed by atoms with Crippen LogP contribution in [0.25, 0.3) is 0 Å². The highest BCUT2D eigenvalue weighted by Crippen LogP contribution is 2.33. The smallest absolute Gasteiger partial charge is 0.379 e. The van der Waals surface area contributed by atoms with E-state index in [1.54, 1.807) is 19.9 Å². The molecular formula is C20H19F3N2O4S. The van der Waals surface area contributed by atoms with Crippen LogP contribution in [0.2, 0.25) is 0 Å². The van der Waals surface area contributed by atoms with Gasteiger partial charge in [0.05, 0.1) is 27.8 Å². The van der Waals surface area contributed by atoms with Crippen LogP contribution in [0.5, 0.6) is 0 Å². The number of nitriles is 1. The predicted octanol–water partition coefficient (Wildman–Crippen LogP) is 3.36. The van der Waals surface area contributed by atoms with Crippen LogP contribution in [0.4, 0.5) is 18.9 Å². The molecule has 0 saturated carbocycles. The zero-order valence-corrected chi connectivity index (χ0v) is 17.1. The number of carbonyl (C=O) groups is 1. The molecule has 0 aromatic heterocycles. The Labute approximate surface area is 171 Å². The van der Waals surface area contributed by atoms with Crippen molar-refractivity contribution in [2.45, 2.75) is 37.4 Å². The largest absolute Gasteiger partial charge is 0.417 e. The van der Waals surface area contributed by atoms with Gasteiger partial charge in [-0.3, -0.25) is 4.79 Å². The van der Waals surface area contributed by atoms with E-state index in [0.717, 1.165) is 19.1 Å². The fourth-order valence-corrected chi connectivity index (χ4v) is 4.62. The summed E-state index contributed by atoms with van der Waals surface area (Å²) in [6.45, 7) is 4.34. The number of aryl methyl sites for hydroxylation is 2. The molecule has 160 valence electrons. The highest BCUT2D eigenvalue weighted by molar-refractivity contribution is 7.91. The summed E-state index contributed by atoms with van der Waals surface area (Å²) in [6.07, 6.45) is -4.83. The standard InChI is InChI=1S/C20H19F3N2O4S/c1-12-6-13(2)8-16(7-12)30(28,29)11-19(3,27)18(26)25-15-5-4-14(10-24)17(9-15)20(21,22)23/h4-9,27H,11H2,1-3H3,(H,25,26). The van der Waals surface area contributed by atoms with Gasteiger partial charge in [-0.1, -0.05) is 6.07 Å². The predicted molar refractivity (Wildman–Crippen MR) is 103 cm³/mol. The minimum absolute atomic E-state index is 0.0780. The molecule has 1 amide bonds. The minimum Gasteiger partial charge on any atom is -0.379 e. The van der Waals surface area contributed by atoms with Crippen LogP contribution in [0.15, 0.2) is 41.3 Å². The number of rotatable bonds is 5. The Hall–Kier alpha value is -2.90. The number of hydrogen-bond acceptors (Lipinski definition) is 5. The van der Waals surface area contributed by atoms with Crippen molar-refractivity contribution in [3.63, 3.8) is 0 Å². The molecule has 0 radical (unpaired) electrons. The molecule has 2 rings (SSSR count). The zero-order valence-electron chi connectivity index (χ0n) is 16.3. The highest BCUT2D eigenvalue weighted by atomic mass is 32.2. The monoisotopic (exact) mass is 440 g/mol. The van der Waals surface area contributed by atoms with Crippen molar-refractivity contribution >= 4 is 21.4 Å². The molecular weight excluding hydrogens is 421 g/mol. The van der Waals surface area contributed by atoms with Crippen molar-refractivity contribution in [2.24, 2.45) is 0 Å². The quantitative estimate of drug-likeness (QED) is 0.742. The molecule has 0 aliphatic carbocycles. The lowest BCUT2D eigenvalue weighted by molar-refractivity contribution is -0.137. The molecule has 6 nitrogen and oxygen atoms in total. The van der Waals surface area contributed by atoms with E-state index in [0.29, 0.717) is 17.2 Å². The molecule has 2 aromatic rings. The highest BCUT2D eigenvalue weighted by Gasteiger charge is 2.38. The van der Waals surface area contributed by atoms with Crippen LogP contribution >= 0.6 is 0 Å². The van der Waals surface area contributed by atoms with Crippen LogP contribution in [0.1, 0.15) is 29.2 Å². The molecule has 30 heavy (non-hydrogen) atoms. The van der Waals surface area contributed by atoms with Crippen molar-refractivity contribution in [3.05, 3.63) is 58.7 Å². The summed E-state index contributed by atoms with van der Waals surface area (Å²) in [4.78, 5) is 12.3. The third-order valence-corrected chi connectivity index (χ3v) is 6.11. The van der Waals surface area contributed by atoms with E-state index in [2.05, 4.69) is 5.32 Å². The molecule has 1 atom stereocenters. The van der Waals surface area contributed by atoms with Crippen molar-refractivity contribution in [1.82, 2.24) is 0 Å². The lowest BCUT2D eigenvalue weighted by Gasteiger charge is -2.23. The first kappa shape index (κ1) is 23.4. The fourth-order valence-electron chi connectivity index (χ4n) is 2.85. The van der Waals surface area contributed by atoms with Gasteiger partial charge in [-0.2, -0.15) is 18.4 Å². The number of anilines is 1. The number of carbonyl (C=O) groups excluding carboxylic acids is 1. The van der Waals surface area contributed by atoms with E-state index in [1.165, 1.54) is 18.2 Å². The number of hydrogen-bond donors (Lipinski definition) is 2. The summed E-state index contributed by atoms with van der Waals surface area (Å²) >= 11 is 0. The van der Waals surface area contributed by atoms with Crippen molar-refractivity contribution < 1.29 is 31.5 Å². The zero-order chi connectivity index (χ0) is 22.9. The first-order valence-corrected chi connectivity index (χ1v) is 10.3. The number of nitrogens with zero attached hydrogens (tertiary/aromatic N) is 1. The molecule has 0 aliphatic rings. The molecule has 0 spiro atoms. The third kappa shape index (κ3) is 5.37. The second kappa shape index (κ2) is 8.08. The summed E-state index contributed by atoms with van der Waals surface area (Å²) in [6, 6.07) is 8.43. The second-order valence-corrected chi connectivity index (χ2v) is 9.17. The van der Waals surface area contributed by atoms with Gasteiger partial charge in [0.1, 0.15) is 0 Å². The maximum Gasteiger partial charge on any atom is 0.417 e. The van der Waals surface area contributed by atoms with Gasteiger partial charge in [0.2, 0.25) is 0 Å². The fraction of sp³-hybridized carbons (Fsp3) is 0.300. The van der Waals surface area contributed by atoms with Gasteiger partial charge in [-0.05, 0) is 62.2 Å². The molecule has 2 N–H and O–H groups in total. The number of nitrogens with one attached hydrogen (secondary N) is 1. The van der Waals surface area contributed by atoms with E-state index in [4.69, 9.17) is 5.26 Å². The summed E-state index contributed by atoms with van der Waals surface area (Å²) in [5.41, 5.74) is -3.31. The van der Waals surface area contributed by atoms with Crippen LogP contribution in [-0.4, -0.2) is 30.8 Å². The number of amides is 1. The van der Waals surface area contributed by atoms with Crippen LogP contribution in [0.3, 0.4) is 0 Å². The summed E-state index contributed by atoms with van der Waals surface area (Å²) < 4.78 is 64.5. The Bertz CT molecular complexity index is 1110. The topological polar surface area (TPSA) is 107 Å². The van der Waals surface area contributed by atoms with Gasteiger partial charge in [0.15, 0.2) is 15.4 Å². The number of alkyl halides is 3. The third-order valence-electron chi connectivity index (χ3n) is 4.22. The van der Waals surface area contributed by atoms with E-state index in [1.807, 2.05) is 0 Å². The first-order valence-electron chi connectivity index (χ1n) is 8.62. The van der Waals surface area contributed by atoms with Gasteiger partial charge in [-0.15, -0.1) is 0 Å². The molecule has 0 bridgehead atoms. The summed E-state index contributed by atoms with van der Waals surface area (Å²) in [5, 5.41) is 21.3.